The molecule has 0 saturated carbocycles. The van der Waals surface area contributed by atoms with Crippen LogP contribution in [-0.4, -0.2) is 50.8 Å². The van der Waals surface area contributed by atoms with E-state index in [2.05, 4.69) is 50.8 Å². The SMILES string of the molecule is Oc1ccc(N=Nc2ncn[nH]2)c(O)c1.Oc1ccc(N=Nc2ncn[nH]2)c(O)c1.[O]=[Zr]. The molecule has 0 bridgehead atoms. The standard InChI is InChI=1S/2C8H7N5O2.O.Zr/c2*14-5-1-2-6(7(15)3-5)11-13-8-9-4-10-12-8;;/h2*1-4,14-15H,(H,9,10,12);;. The third-order valence-corrected chi connectivity index (χ3v) is 3.23. The Morgan fingerprint density at radius 1 is 0.656 bits per heavy atom. The van der Waals surface area contributed by atoms with E-state index in [1.165, 1.54) is 49.1 Å². The van der Waals surface area contributed by atoms with Gasteiger partial charge in [0.2, 0.25) is 0 Å². The molecule has 0 aliphatic carbocycles. The van der Waals surface area contributed by atoms with Gasteiger partial charge in [-0.1, -0.05) is 0 Å². The van der Waals surface area contributed by atoms with Crippen LogP contribution in [-0.2, 0) is 27.5 Å². The van der Waals surface area contributed by atoms with E-state index in [1.54, 1.807) is 0 Å². The van der Waals surface area contributed by atoms with Gasteiger partial charge < -0.3 is 20.4 Å². The fourth-order valence-corrected chi connectivity index (χ4v) is 1.89. The number of nitrogens with zero attached hydrogens (tertiary/aromatic N) is 8. The number of hydrogen-bond acceptors (Lipinski definition) is 13. The first kappa shape index (κ1) is 24.1. The van der Waals surface area contributed by atoms with Gasteiger partial charge in [0.15, 0.2) is 0 Å². The zero-order valence-corrected chi connectivity index (χ0v) is 18.4. The van der Waals surface area contributed by atoms with Gasteiger partial charge in [-0.3, -0.25) is 0 Å². The molecule has 2 aromatic heterocycles. The predicted octanol–water partition coefficient (Wildman–Crippen LogP) is 3.14. The molecule has 0 amide bonds. The molecule has 0 atom stereocenters. The summed E-state index contributed by atoms with van der Waals surface area (Å²) in [7, 11) is 0. The first-order chi connectivity index (χ1) is 15.5. The van der Waals surface area contributed by atoms with Crippen LogP contribution in [0, 0.1) is 0 Å². The van der Waals surface area contributed by atoms with Crippen LogP contribution >= 0.6 is 0 Å². The van der Waals surface area contributed by atoms with Gasteiger partial charge in [-0.15, -0.1) is 20.5 Å². The van der Waals surface area contributed by atoms with Gasteiger partial charge >= 0.3 is 27.5 Å². The average Bonchev–Trinajstić information content (AvgIpc) is 3.49. The third-order valence-electron chi connectivity index (χ3n) is 3.23. The fraction of sp³-hybridized carbons (Fsp3) is 0. The van der Waals surface area contributed by atoms with Crippen LogP contribution in [0.1, 0.15) is 0 Å². The average molecular weight is 518 g/mol. The van der Waals surface area contributed by atoms with Crippen molar-refractivity contribution in [2.45, 2.75) is 0 Å². The number of nitrogens with one attached hydrogen (secondary N) is 2. The summed E-state index contributed by atoms with van der Waals surface area (Å²) in [4.78, 5) is 7.44. The minimum atomic E-state index is -0.154. The van der Waals surface area contributed by atoms with Crippen molar-refractivity contribution in [1.29, 1.82) is 0 Å². The van der Waals surface area contributed by atoms with Crippen molar-refractivity contribution in [3.63, 3.8) is 0 Å². The number of benzene rings is 2. The van der Waals surface area contributed by atoms with Crippen molar-refractivity contribution in [3.8, 4) is 23.0 Å². The molecule has 162 valence electrons. The van der Waals surface area contributed by atoms with Crippen molar-refractivity contribution in [2.75, 3.05) is 0 Å². The summed E-state index contributed by atoms with van der Waals surface area (Å²) in [5.41, 5.74) is 0.480. The number of H-pyrrole nitrogens is 2. The van der Waals surface area contributed by atoms with Crippen LogP contribution in [0.2, 0.25) is 0 Å². The Labute approximate surface area is 193 Å². The Hall–Kier alpha value is -4.20. The summed E-state index contributed by atoms with van der Waals surface area (Å²) < 4.78 is 8.34. The molecule has 16 heteroatoms. The quantitative estimate of drug-likeness (QED) is 0.218. The summed E-state index contributed by atoms with van der Waals surface area (Å²) in [6, 6.07) is 8.02. The summed E-state index contributed by atoms with van der Waals surface area (Å²) in [6.45, 7) is 0. The molecule has 6 N–H and O–H groups in total. The van der Waals surface area contributed by atoms with E-state index >= 15 is 0 Å². The number of aromatic amines is 2. The topological polar surface area (TPSA) is 231 Å². The number of aromatic nitrogens is 6. The minimum absolute atomic E-state index is 0.0360. The molecule has 0 spiro atoms. The second-order valence-electron chi connectivity index (χ2n) is 5.36. The molecule has 15 nitrogen and oxygen atoms in total. The number of azo groups is 2. The summed E-state index contributed by atoms with van der Waals surface area (Å²) in [5, 5.41) is 63.7. The first-order valence-corrected chi connectivity index (χ1v) is 9.30. The van der Waals surface area contributed by atoms with Crippen molar-refractivity contribution < 1.29 is 48.0 Å². The van der Waals surface area contributed by atoms with E-state index in [4.69, 9.17) is 13.0 Å². The van der Waals surface area contributed by atoms with E-state index in [9.17, 15) is 10.2 Å². The first-order valence-electron chi connectivity index (χ1n) is 8.30. The van der Waals surface area contributed by atoms with E-state index in [0.29, 0.717) is 24.7 Å². The maximum atomic E-state index is 9.36. The van der Waals surface area contributed by atoms with Crippen LogP contribution in [0.25, 0.3) is 0 Å². The Bertz CT molecular complexity index is 1080. The second kappa shape index (κ2) is 12.5. The number of rotatable bonds is 4. The molecular weight excluding hydrogens is 503 g/mol. The Morgan fingerprint density at radius 3 is 1.38 bits per heavy atom. The summed E-state index contributed by atoms with van der Waals surface area (Å²) >= 11 is 0.300. The fourth-order valence-electron chi connectivity index (χ4n) is 1.89. The summed E-state index contributed by atoms with van der Waals surface area (Å²) in [5.74, 6) is 0.0960. The van der Waals surface area contributed by atoms with E-state index in [1.807, 2.05) is 0 Å². The van der Waals surface area contributed by atoms with Crippen molar-refractivity contribution in [3.05, 3.63) is 49.1 Å². The molecule has 4 aromatic rings. The zero-order valence-electron chi connectivity index (χ0n) is 15.9. The van der Waals surface area contributed by atoms with Gasteiger partial charge in [0.05, 0.1) is 0 Å². The Balaban J connectivity index is 0.000000211. The van der Waals surface area contributed by atoms with Gasteiger partial charge in [0.1, 0.15) is 47.0 Å². The molecule has 2 aromatic carbocycles. The van der Waals surface area contributed by atoms with Crippen LogP contribution in [0.5, 0.6) is 23.0 Å². The van der Waals surface area contributed by atoms with Crippen molar-refractivity contribution in [1.82, 2.24) is 30.4 Å². The Morgan fingerprint density at radius 2 is 1.06 bits per heavy atom. The van der Waals surface area contributed by atoms with Crippen LogP contribution in [0.4, 0.5) is 23.3 Å². The number of phenolic OH excluding ortho intramolecular Hbond substituents is 4. The van der Waals surface area contributed by atoms with Gasteiger partial charge in [-0.2, -0.15) is 20.2 Å². The van der Waals surface area contributed by atoms with E-state index < -0.39 is 0 Å². The summed E-state index contributed by atoms with van der Waals surface area (Å²) in [6.07, 6.45) is 2.59. The van der Waals surface area contributed by atoms with E-state index in [0.717, 1.165) is 0 Å². The molecule has 0 unspecified atom stereocenters. The van der Waals surface area contributed by atoms with Crippen molar-refractivity contribution in [2.24, 2.45) is 20.5 Å². The second-order valence-corrected chi connectivity index (χ2v) is 5.36. The van der Waals surface area contributed by atoms with Crippen LogP contribution in [0.15, 0.2) is 69.5 Å². The molecule has 0 fully saturated rings. The molecule has 0 aliphatic rings. The number of phenols is 4. The monoisotopic (exact) mass is 516 g/mol. The molecule has 2 heterocycles. The van der Waals surface area contributed by atoms with Gasteiger partial charge in [0, 0.05) is 12.1 Å². The number of hydrogen-bond donors (Lipinski definition) is 6. The zero-order chi connectivity index (χ0) is 23.3. The molecule has 0 radical (unpaired) electrons. The molecule has 0 saturated heterocycles. The predicted molar refractivity (Wildman–Crippen MR) is 101 cm³/mol. The molecular formula is C16H14N10O5Zr. The van der Waals surface area contributed by atoms with Gasteiger partial charge in [-0.25, -0.2) is 10.2 Å². The van der Waals surface area contributed by atoms with Crippen LogP contribution in [0.3, 0.4) is 0 Å². The van der Waals surface area contributed by atoms with E-state index in [-0.39, 0.29) is 46.3 Å². The van der Waals surface area contributed by atoms with Crippen LogP contribution < -0.4 is 0 Å². The molecule has 4 rings (SSSR count). The number of aromatic hydroxyl groups is 4. The Kier molecular flexibility index (Phi) is 9.40. The van der Waals surface area contributed by atoms with Crippen molar-refractivity contribution >= 4 is 23.3 Å². The molecule has 0 aliphatic heterocycles. The molecule has 32 heavy (non-hydrogen) atoms. The third kappa shape index (κ3) is 7.57. The van der Waals surface area contributed by atoms with Gasteiger partial charge in [0.25, 0.3) is 11.9 Å². The normalized spacial score (nSPS) is 10.3. The maximum absolute atomic E-state index is 9.36. The van der Waals surface area contributed by atoms with Gasteiger partial charge in [-0.05, 0) is 24.3 Å².